The van der Waals surface area contributed by atoms with Crippen molar-refractivity contribution in [2.75, 3.05) is 19.7 Å². The molecular formula is C12H14FNO3. The van der Waals surface area contributed by atoms with Crippen molar-refractivity contribution in [3.8, 4) is 0 Å². The molecule has 1 heterocycles. The summed E-state index contributed by atoms with van der Waals surface area (Å²) >= 11 is 0. The number of halogens is 1. The first kappa shape index (κ1) is 11.9. The molecule has 1 N–H and O–H groups in total. The number of nitrogens with zero attached hydrogens (tertiary/aromatic N) is 1. The normalized spacial score (nSPS) is 17.8. The molecule has 1 aromatic carbocycles. The van der Waals surface area contributed by atoms with E-state index >= 15 is 0 Å². The van der Waals surface area contributed by atoms with Gasteiger partial charge in [-0.15, -0.1) is 0 Å². The van der Waals surface area contributed by atoms with Gasteiger partial charge in [-0.2, -0.15) is 0 Å². The van der Waals surface area contributed by atoms with Gasteiger partial charge in [-0.1, -0.05) is 12.1 Å². The highest BCUT2D eigenvalue weighted by Crippen LogP contribution is 2.16. The molecule has 1 atom stereocenters. The molecule has 0 aliphatic carbocycles. The molecule has 0 radical (unpaired) electrons. The zero-order chi connectivity index (χ0) is 12.3. The summed E-state index contributed by atoms with van der Waals surface area (Å²) < 4.78 is 17.6. The van der Waals surface area contributed by atoms with Gasteiger partial charge in [0.15, 0.2) is 0 Å². The van der Waals surface area contributed by atoms with Crippen LogP contribution in [0.25, 0.3) is 0 Å². The minimum absolute atomic E-state index is 0.171. The Labute approximate surface area is 98.6 Å². The molecule has 1 aromatic rings. The molecule has 92 valence electrons. The first-order valence-electron chi connectivity index (χ1n) is 5.52. The Balaban J connectivity index is 1.98. The Kier molecular flexibility index (Phi) is 3.58. The Morgan fingerprint density at radius 1 is 1.41 bits per heavy atom. The van der Waals surface area contributed by atoms with Gasteiger partial charge in [-0.05, 0) is 24.1 Å². The van der Waals surface area contributed by atoms with Gasteiger partial charge in [-0.3, -0.25) is 0 Å². The fraction of sp³-hybridized carbons (Fsp3) is 0.417. The van der Waals surface area contributed by atoms with Crippen LogP contribution in [-0.4, -0.2) is 35.8 Å². The van der Waals surface area contributed by atoms with Crippen LogP contribution in [0.3, 0.4) is 0 Å². The van der Waals surface area contributed by atoms with E-state index in [9.17, 15) is 14.3 Å². The Hall–Kier alpha value is -1.62. The van der Waals surface area contributed by atoms with Crippen molar-refractivity contribution < 1.29 is 19.0 Å². The summed E-state index contributed by atoms with van der Waals surface area (Å²) in [7, 11) is 0. The lowest BCUT2D eigenvalue weighted by molar-refractivity contribution is 0.0475. The van der Waals surface area contributed by atoms with Crippen molar-refractivity contribution in [1.82, 2.24) is 4.90 Å². The monoisotopic (exact) mass is 239 g/mol. The highest BCUT2D eigenvalue weighted by Gasteiger charge is 2.22. The van der Waals surface area contributed by atoms with E-state index in [2.05, 4.69) is 0 Å². The Bertz CT molecular complexity index is 393. The molecule has 1 aliphatic heterocycles. The van der Waals surface area contributed by atoms with Crippen molar-refractivity contribution in [3.63, 3.8) is 0 Å². The van der Waals surface area contributed by atoms with Gasteiger partial charge >= 0.3 is 6.09 Å². The SMILES string of the molecule is O=C1OCCCN1CC(O)c1ccc(F)cc1. The number of carbonyl (C=O) groups is 1. The summed E-state index contributed by atoms with van der Waals surface area (Å²) in [4.78, 5) is 12.8. The van der Waals surface area contributed by atoms with Gasteiger partial charge in [0.25, 0.3) is 0 Å². The molecule has 0 spiro atoms. The average Bonchev–Trinajstić information content (AvgIpc) is 2.33. The number of aliphatic hydroxyl groups excluding tert-OH is 1. The minimum Gasteiger partial charge on any atom is -0.449 e. The quantitative estimate of drug-likeness (QED) is 0.873. The summed E-state index contributed by atoms with van der Waals surface area (Å²) in [5.41, 5.74) is 0.588. The van der Waals surface area contributed by atoms with Crippen LogP contribution >= 0.6 is 0 Å². The summed E-state index contributed by atoms with van der Waals surface area (Å²) in [6, 6.07) is 5.59. The van der Waals surface area contributed by atoms with E-state index < -0.39 is 12.2 Å². The third-order valence-corrected chi connectivity index (χ3v) is 2.70. The van der Waals surface area contributed by atoms with Crippen molar-refractivity contribution in [2.45, 2.75) is 12.5 Å². The second-order valence-corrected chi connectivity index (χ2v) is 3.98. The van der Waals surface area contributed by atoms with Gasteiger partial charge in [-0.25, -0.2) is 9.18 Å². The second-order valence-electron chi connectivity index (χ2n) is 3.98. The lowest BCUT2D eigenvalue weighted by Gasteiger charge is -2.28. The number of carbonyl (C=O) groups excluding carboxylic acids is 1. The maximum absolute atomic E-state index is 12.7. The third kappa shape index (κ3) is 2.94. The number of aliphatic hydroxyl groups is 1. The zero-order valence-corrected chi connectivity index (χ0v) is 9.30. The predicted octanol–water partition coefficient (Wildman–Crippen LogP) is 1.70. The molecule has 4 nitrogen and oxygen atoms in total. The predicted molar refractivity (Wildman–Crippen MR) is 58.9 cm³/mol. The number of amides is 1. The average molecular weight is 239 g/mol. The van der Waals surface area contributed by atoms with Gasteiger partial charge in [0.1, 0.15) is 5.82 Å². The maximum Gasteiger partial charge on any atom is 0.409 e. The molecule has 2 rings (SSSR count). The fourth-order valence-corrected chi connectivity index (χ4v) is 1.76. The minimum atomic E-state index is -0.818. The maximum atomic E-state index is 12.7. The van der Waals surface area contributed by atoms with E-state index in [1.807, 2.05) is 0 Å². The standard InChI is InChI=1S/C12H14FNO3/c13-10-4-2-9(3-5-10)11(15)8-14-6-1-7-17-12(14)16/h2-5,11,15H,1,6-8H2. The third-order valence-electron chi connectivity index (χ3n) is 2.70. The van der Waals surface area contributed by atoms with Gasteiger partial charge < -0.3 is 14.7 Å². The smallest absolute Gasteiger partial charge is 0.409 e. The highest BCUT2D eigenvalue weighted by molar-refractivity contribution is 5.68. The molecular weight excluding hydrogens is 225 g/mol. The van der Waals surface area contributed by atoms with Crippen LogP contribution in [0.4, 0.5) is 9.18 Å². The topological polar surface area (TPSA) is 49.8 Å². The lowest BCUT2D eigenvalue weighted by Crippen LogP contribution is -2.40. The molecule has 0 bridgehead atoms. The van der Waals surface area contributed by atoms with Crippen LogP contribution in [0.2, 0.25) is 0 Å². The van der Waals surface area contributed by atoms with Gasteiger partial charge in [0.2, 0.25) is 0 Å². The zero-order valence-electron chi connectivity index (χ0n) is 9.30. The van der Waals surface area contributed by atoms with Crippen LogP contribution < -0.4 is 0 Å². The van der Waals surface area contributed by atoms with E-state index in [0.717, 1.165) is 6.42 Å². The van der Waals surface area contributed by atoms with Crippen molar-refractivity contribution in [1.29, 1.82) is 0 Å². The number of hydrogen-bond donors (Lipinski definition) is 1. The number of rotatable bonds is 3. The molecule has 0 aromatic heterocycles. The Morgan fingerprint density at radius 3 is 2.76 bits per heavy atom. The van der Waals surface area contributed by atoms with E-state index in [-0.39, 0.29) is 12.4 Å². The molecule has 1 amide bonds. The molecule has 1 unspecified atom stereocenters. The molecule has 1 aliphatic rings. The molecule has 0 saturated carbocycles. The second kappa shape index (κ2) is 5.14. The number of cyclic esters (lactones) is 1. The van der Waals surface area contributed by atoms with Crippen LogP contribution in [0, 0.1) is 5.82 Å². The molecule has 17 heavy (non-hydrogen) atoms. The summed E-state index contributed by atoms with van der Waals surface area (Å²) in [5, 5.41) is 9.91. The number of β-amino-alcohol motifs (C(OH)–C–C–N with tert-alkyl or cyclic N) is 1. The first-order chi connectivity index (χ1) is 8.16. The van der Waals surface area contributed by atoms with E-state index in [0.29, 0.717) is 18.7 Å². The molecule has 1 fully saturated rings. The summed E-state index contributed by atoms with van der Waals surface area (Å²) in [5.74, 6) is -0.349. The number of hydrogen-bond acceptors (Lipinski definition) is 3. The van der Waals surface area contributed by atoms with Crippen molar-refractivity contribution in [3.05, 3.63) is 35.6 Å². The van der Waals surface area contributed by atoms with Gasteiger partial charge in [0, 0.05) is 6.54 Å². The van der Waals surface area contributed by atoms with Gasteiger partial charge in [0.05, 0.1) is 19.3 Å². The van der Waals surface area contributed by atoms with E-state index in [4.69, 9.17) is 4.74 Å². The van der Waals surface area contributed by atoms with Crippen molar-refractivity contribution >= 4 is 6.09 Å². The fourth-order valence-electron chi connectivity index (χ4n) is 1.76. The van der Waals surface area contributed by atoms with Crippen LogP contribution in [0.5, 0.6) is 0 Å². The van der Waals surface area contributed by atoms with Crippen LogP contribution in [-0.2, 0) is 4.74 Å². The summed E-state index contributed by atoms with van der Waals surface area (Å²) in [6.45, 7) is 1.18. The lowest BCUT2D eigenvalue weighted by atomic mass is 10.1. The van der Waals surface area contributed by atoms with E-state index in [1.165, 1.54) is 29.2 Å². The molecule has 1 saturated heterocycles. The number of benzene rings is 1. The Morgan fingerprint density at radius 2 is 2.12 bits per heavy atom. The summed E-state index contributed by atoms with van der Waals surface area (Å²) in [6.07, 6.45) is -0.458. The van der Waals surface area contributed by atoms with Crippen molar-refractivity contribution in [2.24, 2.45) is 0 Å². The largest absolute Gasteiger partial charge is 0.449 e. The first-order valence-corrected chi connectivity index (χ1v) is 5.52. The number of ether oxygens (including phenoxy) is 1. The van der Waals surface area contributed by atoms with Crippen LogP contribution in [0.15, 0.2) is 24.3 Å². The van der Waals surface area contributed by atoms with E-state index in [1.54, 1.807) is 0 Å². The molecule has 5 heteroatoms. The van der Waals surface area contributed by atoms with Crippen LogP contribution in [0.1, 0.15) is 18.1 Å². The highest BCUT2D eigenvalue weighted by atomic mass is 19.1.